The third kappa shape index (κ3) is 3.76. The molecule has 2 N–H and O–H groups in total. The Labute approximate surface area is 207 Å². The van der Waals surface area contributed by atoms with E-state index in [1.54, 1.807) is 4.90 Å². The van der Waals surface area contributed by atoms with E-state index in [4.69, 9.17) is 10.5 Å². The first-order valence-corrected chi connectivity index (χ1v) is 12.1. The summed E-state index contributed by atoms with van der Waals surface area (Å²) in [6.07, 6.45) is 2.07. The molecule has 3 aromatic rings. The van der Waals surface area contributed by atoms with Gasteiger partial charge < -0.3 is 15.4 Å². The molecule has 3 aromatic carbocycles. The van der Waals surface area contributed by atoms with Gasteiger partial charge in [-0.05, 0) is 62.8 Å². The van der Waals surface area contributed by atoms with Gasteiger partial charge in [-0.2, -0.15) is 5.26 Å². The molecule has 1 heterocycles. The molecular formula is C28H24BrN3O2. The zero-order valence-electron chi connectivity index (χ0n) is 18.8. The van der Waals surface area contributed by atoms with Crippen LogP contribution in [0.15, 0.2) is 87.8 Å². The first-order chi connectivity index (χ1) is 16.5. The Morgan fingerprint density at radius 3 is 2.74 bits per heavy atom. The fraction of sp³-hybridized carbons (Fsp3) is 0.214. The highest BCUT2D eigenvalue weighted by molar-refractivity contribution is 9.10. The van der Waals surface area contributed by atoms with E-state index in [2.05, 4.69) is 46.3 Å². The standard InChI is InChI=1S/C28H24BrN3O2/c1-32-23-10-5-11-24(33)27(23)26(21(15-30)28(32)31)18-12-13-25(22(29)14-18)34-16-19-8-4-7-17-6-2-3-9-20(17)19/h2-4,6-9,12-14,26H,5,10-11,16,31H2,1H3/t26-/m0/s1. The van der Waals surface area contributed by atoms with Crippen molar-refractivity contribution in [3.05, 3.63) is 98.9 Å². The lowest BCUT2D eigenvalue weighted by Gasteiger charge is -2.37. The predicted octanol–water partition coefficient (Wildman–Crippen LogP) is 5.91. The van der Waals surface area contributed by atoms with Crippen molar-refractivity contribution in [2.24, 2.45) is 5.73 Å². The average molecular weight is 514 g/mol. The second-order valence-electron chi connectivity index (χ2n) is 8.66. The lowest BCUT2D eigenvalue weighted by Crippen LogP contribution is -2.36. The molecule has 1 aliphatic carbocycles. The van der Waals surface area contributed by atoms with Gasteiger partial charge >= 0.3 is 0 Å². The van der Waals surface area contributed by atoms with Crippen molar-refractivity contribution in [3.63, 3.8) is 0 Å². The number of ketones is 1. The highest BCUT2D eigenvalue weighted by Gasteiger charge is 2.38. The predicted molar refractivity (Wildman–Crippen MR) is 136 cm³/mol. The van der Waals surface area contributed by atoms with Crippen LogP contribution in [0.4, 0.5) is 0 Å². The maximum atomic E-state index is 13.0. The number of carbonyl (C=O) groups excluding carboxylic acids is 1. The smallest absolute Gasteiger partial charge is 0.161 e. The summed E-state index contributed by atoms with van der Waals surface area (Å²) in [6.45, 7) is 0.428. The Morgan fingerprint density at radius 2 is 1.94 bits per heavy atom. The Balaban J connectivity index is 1.47. The molecule has 170 valence electrons. The first kappa shape index (κ1) is 22.2. The quantitative estimate of drug-likeness (QED) is 0.468. The van der Waals surface area contributed by atoms with Crippen molar-refractivity contribution < 1.29 is 9.53 Å². The number of halogens is 1. The number of Topliss-reactive ketones (excluding diaryl/α,β-unsaturated/α-hetero) is 1. The van der Waals surface area contributed by atoms with E-state index in [0.29, 0.717) is 35.7 Å². The first-order valence-electron chi connectivity index (χ1n) is 11.3. The molecule has 1 aliphatic heterocycles. The van der Waals surface area contributed by atoms with Gasteiger partial charge in [-0.1, -0.05) is 48.5 Å². The van der Waals surface area contributed by atoms with Crippen LogP contribution in [0.1, 0.15) is 36.3 Å². The van der Waals surface area contributed by atoms with Crippen molar-refractivity contribution in [3.8, 4) is 11.8 Å². The molecule has 34 heavy (non-hydrogen) atoms. The highest BCUT2D eigenvalue weighted by Crippen LogP contribution is 2.45. The monoisotopic (exact) mass is 513 g/mol. The van der Waals surface area contributed by atoms with Gasteiger partial charge in [0.2, 0.25) is 0 Å². The Bertz CT molecular complexity index is 1410. The minimum Gasteiger partial charge on any atom is -0.488 e. The van der Waals surface area contributed by atoms with Crippen LogP contribution < -0.4 is 10.5 Å². The number of benzene rings is 3. The number of fused-ring (bicyclic) bond motifs is 1. The molecular weight excluding hydrogens is 490 g/mol. The summed E-state index contributed by atoms with van der Waals surface area (Å²) in [5, 5.41) is 12.3. The summed E-state index contributed by atoms with van der Waals surface area (Å²) in [7, 11) is 1.83. The molecule has 0 radical (unpaired) electrons. The third-order valence-electron chi connectivity index (χ3n) is 6.72. The van der Waals surface area contributed by atoms with Crippen LogP contribution in [0.5, 0.6) is 5.75 Å². The van der Waals surface area contributed by atoms with Crippen LogP contribution in [-0.2, 0) is 11.4 Å². The number of nitrogens with two attached hydrogens (primary N) is 1. The van der Waals surface area contributed by atoms with Crippen LogP contribution in [0, 0.1) is 11.3 Å². The van der Waals surface area contributed by atoms with Gasteiger partial charge in [0.15, 0.2) is 5.78 Å². The molecule has 0 unspecified atom stereocenters. The van der Waals surface area contributed by atoms with Crippen molar-refractivity contribution in [2.45, 2.75) is 31.8 Å². The number of nitrogens with zero attached hydrogens (tertiary/aromatic N) is 2. The lowest BCUT2D eigenvalue weighted by atomic mass is 9.76. The van der Waals surface area contributed by atoms with Crippen molar-refractivity contribution in [2.75, 3.05) is 7.05 Å². The van der Waals surface area contributed by atoms with Crippen LogP contribution >= 0.6 is 15.9 Å². The van der Waals surface area contributed by atoms with E-state index in [0.717, 1.165) is 34.1 Å². The fourth-order valence-corrected chi connectivity index (χ4v) is 5.49. The number of allylic oxidation sites excluding steroid dienone is 3. The van der Waals surface area contributed by atoms with E-state index in [9.17, 15) is 10.1 Å². The largest absolute Gasteiger partial charge is 0.488 e. The molecule has 1 atom stereocenters. The van der Waals surface area contributed by atoms with Gasteiger partial charge in [0.1, 0.15) is 18.2 Å². The van der Waals surface area contributed by atoms with E-state index < -0.39 is 5.92 Å². The number of hydrogen-bond donors (Lipinski definition) is 1. The van der Waals surface area contributed by atoms with Crippen LogP contribution in [0.2, 0.25) is 0 Å². The molecule has 0 saturated carbocycles. The number of nitriles is 1. The number of rotatable bonds is 4. The molecule has 0 spiro atoms. The maximum Gasteiger partial charge on any atom is 0.161 e. The Kier molecular flexibility index (Phi) is 5.89. The zero-order chi connectivity index (χ0) is 23.8. The second kappa shape index (κ2) is 9.00. The lowest BCUT2D eigenvalue weighted by molar-refractivity contribution is -0.116. The van der Waals surface area contributed by atoms with Gasteiger partial charge in [0.25, 0.3) is 0 Å². The van der Waals surface area contributed by atoms with Gasteiger partial charge in [0.05, 0.1) is 22.0 Å². The minimum atomic E-state index is -0.465. The molecule has 0 bridgehead atoms. The van der Waals surface area contributed by atoms with Gasteiger partial charge in [0, 0.05) is 24.7 Å². The number of carbonyl (C=O) groups is 1. The molecule has 0 saturated heterocycles. The third-order valence-corrected chi connectivity index (χ3v) is 7.34. The molecule has 2 aliphatic rings. The molecule has 0 fully saturated rings. The summed E-state index contributed by atoms with van der Waals surface area (Å²) in [4.78, 5) is 14.8. The van der Waals surface area contributed by atoms with Gasteiger partial charge in [-0.15, -0.1) is 0 Å². The molecule has 5 nitrogen and oxygen atoms in total. The summed E-state index contributed by atoms with van der Waals surface area (Å²) >= 11 is 3.64. The summed E-state index contributed by atoms with van der Waals surface area (Å²) in [6, 6.07) is 22.5. The molecule has 6 heteroatoms. The topological polar surface area (TPSA) is 79.3 Å². The van der Waals surface area contributed by atoms with Gasteiger partial charge in [-0.25, -0.2) is 0 Å². The van der Waals surface area contributed by atoms with Crippen LogP contribution in [-0.4, -0.2) is 17.7 Å². The highest BCUT2D eigenvalue weighted by atomic mass is 79.9. The van der Waals surface area contributed by atoms with Crippen LogP contribution in [0.25, 0.3) is 10.8 Å². The van der Waals surface area contributed by atoms with Crippen molar-refractivity contribution in [1.29, 1.82) is 5.26 Å². The second-order valence-corrected chi connectivity index (χ2v) is 9.51. The van der Waals surface area contributed by atoms with E-state index in [1.807, 2.05) is 43.4 Å². The number of hydrogen-bond acceptors (Lipinski definition) is 5. The summed E-state index contributed by atoms with van der Waals surface area (Å²) < 4.78 is 6.93. The van der Waals surface area contributed by atoms with Gasteiger partial charge in [-0.3, -0.25) is 4.79 Å². The Morgan fingerprint density at radius 1 is 1.15 bits per heavy atom. The summed E-state index contributed by atoms with van der Waals surface area (Å²) in [5.41, 5.74) is 10.3. The molecule has 0 amide bonds. The zero-order valence-corrected chi connectivity index (χ0v) is 20.4. The van der Waals surface area contributed by atoms with E-state index in [-0.39, 0.29) is 5.78 Å². The van der Waals surface area contributed by atoms with Crippen molar-refractivity contribution in [1.82, 2.24) is 4.90 Å². The Hall–Kier alpha value is -3.56. The fourth-order valence-electron chi connectivity index (χ4n) is 4.98. The number of ether oxygens (including phenoxy) is 1. The normalized spacial score (nSPS) is 18.2. The maximum absolute atomic E-state index is 13.0. The van der Waals surface area contributed by atoms with E-state index in [1.165, 1.54) is 10.8 Å². The molecule has 5 rings (SSSR count). The van der Waals surface area contributed by atoms with E-state index >= 15 is 0 Å². The minimum absolute atomic E-state index is 0.0887. The summed E-state index contributed by atoms with van der Waals surface area (Å²) in [5.74, 6) is 0.732. The molecule has 0 aromatic heterocycles. The van der Waals surface area contributed by atoms with Crippen LogP contribution in [0.3, 0.4) is 0 Å². The van der Waals surface area contributed by atoms with Crippen molar-refractivity contribution >= 4 is 32.5 Å². The SMILES string of the molecule is CN1C(N)=C(C#N)[C@H](c2ccc(OCc3cccc4ccccc34)c(Br)c2)C2=C1CCCC2=O. The average Bonchev–Trinajstić information content (AvgIpc) is 2.85.